The lowest BCUT2D eigenvalue weighted by atomic mass is 10.0. The summed E-state index contributed by atoms with van der Waals surface area (Å²) >= 11 is 0. The molecule has 0 radical (unpaired) electrons. The Bertz CT molecular complexity index is 293. The molecule has 1 heterocycles. The van der Waals surface area contributed by atoms with Gasteiger partial charge in [0.05, 0.1) is 5.69 Å². The standard InChI is InChI=1S/C10H16N2O/c1-3-8-10-7(6-11-2)4-5-9(10)13-12-8/h7,11H,3-6H2,1-2H3. The molecule has 0 fully saturated rings. The van der Waals surface area contributed by atoms with Crippen LogP contribution in [0.4, 0.5) is 0 Å². The smallest absolute Gasteiger partial charge is 0.140 e. The van der Waals surface area contributed by atoms with Crippen LogP contribution >= 0.6 is 0 Å². The number of nitrogens with one attached hydrogen (secondary N) is 1. The first-order valence-electron chi connectivity index (χ1n) is 4.98. The van der Waals surface area contributed by atoms with E-state index in [2.05, 4.69) is 17.4 Å². The van der Waals surface area contributed by atoms with Gasteiger partial charge in [-0.1, -0.05) is 12.1 Å². The van der Waals surface area contributed by atoms with Crippen LogP contribution in [0, 0.1) is 0 Å². The predicted molar refractivity (Wildman–Crippen MR) is 50.9 cm³/mol. The van der Waals surface area contributed by atoms with Crippen LogP contribution in [0.2, 0.25) is 0 Å². The lowest BCUT2D eigenvalue weighted by Crippen LogP contribution is -2.15. The molecule has 0 amide bonds. The Morgan fingerprint density at radius 3 is 3.15 bits per heavy atom. The van der Waals surface area contributed by atoms with Gasteiger partial charge in [-0.15, -0.1) is 0 Å². The van der Waals surface area contributed by atoms with Gasteiger partial charge in [0.1, 0.15) is 5.76 Å². The average Bonchev–Trinajstić information content (AvgIpc) is 2.68. The third-order valence-electron chi connectivity index (χ3n) is 2.79. The number of rotatable bonds is 3. The summed E-state index contributed by atoms with van der Waals surface area (Å²) in [6.45, 7) is 3.17. The van der Waals surface area contributed by atoms with Gasteiger partial charge in [0.25, 0.3) is 0 Å². The van der Waals surface area contributed by atoms with E-state index < -0.39 is 0 Å². The normalized spacial score (nSPS) is 20.6. The molecule has 1 aromatic heterocycles. The van der Waals surface area contributed by atoms with E-state index in [9.17, 15) is 0 Å². The average molecular weight is 180 g/mol. The van der Waals surface area contributed by atoms with E-state index in [4.69, 9.17) is 4.52 Å². The highest BCUT2D eigenvalue weighted by atomic mass is 16.5. The Balaban J connectivity index is 2.27. The number of aryl methyl sites for hydroxylation is 2. The van der Waals surface area contributed by atoms with E-state index in [-0.39, 0.29) is 0 Å². The molecule has 72 valence electrons. The predicted octanol–water partition coefficient (Wildman–Crippen LogP) is 1.49. The van der Waals surface area contributed by atoms with Gasteiger partial charge in [0, 0.05) is 24.4 Å². The summed E-state index contributed by atoms with van der Waals surface area (Å²) in [6, 6.07) is 0. The molecule has 0 saturated heterocycles. The summed E-state index contributed by atoms with van der Waals surface area (Å²) in [5.41, 5.74) is 2.55. The topological polar surface area (TPSA) is 38.1 Å². The minimum absolute atomic E-state index is 0.626. The Labute approximate surface area is 78.5 Å². The highest BCUT2D eigenvalue weighted by Gasteiger charge is 2.28. The zero-order valence-electron chi connectivity index (χ0n) is 8.26. The lowest BCUT2D eigenvalue weighted by molar-refractivity contribution is 0.379. The summed E-state index contributed by atoms with van der Waals surface area (Å²) in [6.07, 6.45) is 3.26. The van der Waals surface area contributed by atoms with E-state index >= 15 is 0 Å². The van der Waals surface area contributed by atoms with Crippen molar-refractivity contribution in [1.29, 1.82) is 0 Å². The SMILES string of the molecule is CCc1noc2c1C(CNC)CC2. The summed E-state index contributed by atoms with van der Waals surface area (Å²) < 4.78 is 5.30. The summed E-state index contributed by atoms with van der Waals surface area (Å²) in [5, 5.41) is 7.31. The number of nitrogens with zero attached hydrogens (tertiary/aromatic N) is 1. The monoisotopic (exact) mass is 180 g/mol. The Morgan fingerprint density at radius 1 is 1.62 bits per heavy atom. The molecular formula is C10H16N2O. The fourth-order valence-electron chi connectivity index (χ4n) is 2.17. The van der Waals surface area contributed by atoms with Gasteiger partial charge in [-0.05, 0) is 19.9 Å². The van der Waals surface area contributed by atoms with Gasteiger partial charge < -0.3 is 9.84 Å². The second-order valence-corrected chi connectivity index (χ2v) is 3.61. The highest BCUT2D eigenvalue weighted by Crippen LogP contribution is 2.35. The quantitative estimate of drug-likeness (QED) is 0.765. The Hall–Kier alpha value is -0.830. The molecule has 13 heavy (non-hydrogen) atoms. The molecule has 0 saturated carbocycles. The van der Waals surface area contributed by atoms with Crippen molar-refractivity contribution in [3.05, 3.63) is 17.0 Å². The fourth-order valence-corrected chi connectivity index (χ4v) is 2.17. The molecular weight excluding hydrogens is 164 g/mol. The molecule has 0 aliphatic heterocycles. The van der Waals surface area contributed by atoms with Crippen LogP contribution in [-0.2, 0) is 12.8 Å². The van der Waals surface area contributed by atoms with Crippen LogP contribution in [0.1, 0.15) is 36.3 Å². The van der Waals surface area contributed by atoms with Gasteiger partial charge in [-0.25, -0.2) is 0 Å². The Morgan fingerprint density at radius 2 is 2.46 bits per heavy atom. The van der Waals surface area contributed by atoms with Crippen LogP contribution < -0.4 is 5.32 Å². The van der Waals surface area contributed by atoms with Gasteiger partial charge in [-0.2, -0.15) is 0 Å². The van der Waals surface area contributed by atoms with E-state index in [1.807, 2.05) is 7.05 Å². The maximum atomic E-state index is 5.30. The zero-order valence-corrected chi connectivity index (χ0v) is 8.26. The molecule has 0 bridgehead atoms. The van der Waals surface area contributed by atoms with Crippen LogP contribution in [0.3, 0.4) is 0 Å². The van der Waals surface area contributed by atoms with Crippen LogP contribution in [-0.4, -0.2) is 18.7 Å². The fraction of sp³-hybridized carbons (Fsp3) is 0.700. The van der Waals surface area contributed by atoms with E-state index in [1.165, 1.54) is 12.0 Å². The second-order valence-electron chi connectivity index (χ2n) is 3.61. The van der Waals surface area contributed by atoms with E-state index in [0.29, 0.717) is 5.92 Å². The first-order chi connectivity index (χ1) is 6.36. The molecule has 0 spiro atoms. The van der Waals surface area contributed by atoms with Crippen LogP contribution in [0.5, 0.6) is 0 Å². The van der Waals surface area contributed by atoms with Gasteiger partial charge in [-0.3, -0.25) is 0 Å². The zero-order chi connectivity index (χ0) is 9.26. The molecule has 3 nitrogen and oxygen atoms in total. The van der Waals surface area contributed by atoms with Crippen molar-refractivity contribution in [2.45, 2.75) is 32.1 Å². The van der Waals surface area contributed by atoms with Crippen molar-refractivity contribution >= 4 is 0 Å². The summed E-state index contributed by atoms with van der Waals surface area (Å²) in [4.78, 5) is 0. The first kappa shape index (κ1) is 8.75. The van der Waals surface area contributed by atoms with Crippen LogP contribution in [0.15, 0.2) is 4.52 Å². The lowest BCUT2D eigenvalue weighted by Gasteiger charge is -2.08. The molecule has 1 aliphatic rings. The second kappa shape index (κ2) is 3.50. The molecule has 1 N–H and O–H groups in total. The van der Waals surface area contributed by atoms with Crippen molar-refractivity contribution < 1.29 is 4.52 Å². The summed E-state index contributed by atoms with van der Waals surface area (Å²) in [5.74, 6) is 1.75. The van der Waals surface area contributed by atoms with Crippen molar-refractivity contribution in [3.8, 4) is 0 Å². The largest absolute Gasteiger partial charge is 0.361 e. The molecule has 0 aromatic carbocycles. The van der Waals surface area contributed by atoms with E-state index in [1.54, 1.807) is 0 Å². The maximum Gasteiger partial charge on any atom is 0.140 e. The highest BCUT2D eigenvalue weighted by molar-refractivity contribution is 5.32. The number of hydrogen-bond donors (Lipinski definition) is 1. The number of aromatic nitrogens is 1. The molecule has 1 atom stereocenters. The minimum Gasteiger partial charge on any atom is -0.361 e. The molecule has 3 heteroatoms. The third kappa shape index (κ3) is 1.37. The van der Waals surface area contributed by atoms with Crippen molar-refractivity contribution in [2.24, 2.45) is 0 Å². The van der Waals surface area contributed by atoms with Gasteiger partial charge in [0.2, 0.25) is 0 Å². The first-order valence-corrected chi connectivity index (χ1v) is 4.98. The molecule has 2 rings (SSSR count). The number of fused-ring (bicyclic) bond motifs is 1. The van der Waals surface area contributed by atoms with Crippen LogP contribution in [0.25, 0.3) is 0 Å². The third-order valence-corrected chi connectivity index (χ3v) is 2.79. The van der Waals surface area contributed by atoms with Gasteiger partial charge >= 0.3 is 0 Å². The maximum absolute atomic E-state index is 5.30. The van der Waals surface area contributed by atoms with Crippen molar-refractivity contribution in [1.82, 2.24) is 10.5 Å². The summed E-state index contributed by atoms with van der Waals surface area (Å²) in [7, 11) is 2.00. The minimum atomic E-state index is 0.626. The van der Waals surface area contributed by atoms with Gasteiger partial charge in [0.15, 0.2) is 0 Å². The van der Waals surface area contributed by atoms with Crippen molar-refractivity contribution in [3.63, 3.8) is 0 Å². The molecule has 1 aliphatic carbocycles. The van der Waals surface area contributed by atoms with Crippen molar-refractivity contribution in [2.75, 3.05) is 13.6 Å². The number of likely N-dealkylation sites (N-methyl/N-ethyl adjacent to an activating group) is 1. The Kier molecular flexibility index (Phi) is 2.36. The van der Waals surface area contributed by atoms with E-state index in [0.717, 1.165) is 30.8 Å². The molecule has 1 unspecified atom stereocenters. The molecule has 1 aromatic rings. The number of hydrogen-bond acceptors (Lipinski definition) is 3.